The monoisotopic (exact) mass is 285 g/mol. The van der Waals surface area contributed by atoms with Gasteiger partial charge in [0, 0.05) is 34.2 Å². The maximum Gasteiger partial charge on any atom is 0.251 e. The van der Waals surface area contributed by atoms with Gasteiger partial charge in [-0.05, 0) is 63.9 Å². The number of piperidine rings is 1. The van der Waals surface area contributed by atoms with Crippen molar-refractivity contribution in [1.29, 1.82) is 0 Å². The van der Waals surface area contributed by atoms with E-state index in [1.807, 2.05) is 18.2 Å². The molecule has 1 amide bonds. The molecule has 2 heterocycles. The molecule has 4 nitrogen and oxygen atoms in total. The van der Waals surface area contributed by atoms with E-state index in [9.17, 15) is 4.79 Å². The quantitative estimate of drug-likeness (QED) is 0.794. The third kappa shape index (κ3) is 2.68. The lowest BCUT2D eigenvalue weighted by Crippen LogP contribution is -2.51. The second-order valence-corrected chi connectivity index (χ2v) is 6.10. The maximum absolute atomic E-state index is 12.5. The zero-order chi connectivity index (χ0) is 15.0. The number of aryl methyl sites for hydroxylation is 2. The average Bonchev–Trinajstić information content (AvgIpc) is 2.76. The smallest absolute Gasteiger partial charge is 0.251 e. The molecule has 4 heteroatoms. The molecule has 0 saturated carbocycles. The van der Waals surface area contributed by atoms with E-state index >= 15 is 0 Å². The first-order valence-electron chi connectivity index (χ1n) is 7.69. The first kappa shape index (κ1) is 14.1. The standard InChI is InChI=1S/C17H23N3O/c1-10-11(2)19-16-7-6-13(9-14(10)16)17(21)20-15-5-4-8-18-12(15)3/h6-7,9,12,15,18-19H,4-5,8H2,1-3H3,(H,20,21). The van der Waals surface area contributed by atoms with Crippen LogP contribution in [0, 0.1) is 13.8 Å². The Labute approximate surface area is 125 Å². The minimum atomic E-state index is 0.0238. The Morgan fingerprint density at radius 1 is 1.33 bits per heavy atom. The van der Waals surface area contributed by atoms with E-state index in [0.29, 0.717) is 6.04 Å². The molecule has 1 fully saturated rings. The summed E-state index contributed by atoms with van der Waals surface area (Å²) in [4.78, 5) is 15.8. The van der Waals surface area contributed by atoms with Crippen LogP contribution >= 0.6 is 0 Å². The fourth-order valence-corrected chi connectivity index (χ4v) is 3.10. The van der Waals surface area contributed by atoms with Gasteiger partial charge < -0.3 is 15.6 Å². The number of hydrogen-bond donors (Lipinski definition) is 3. The molecular weight excluding hydrogens is 262 g/mol. The largest absolute Gasteiger partial charge is 0.358 e. The predicted octanol–water partition coefficient (Wildman–Crippen LogP) is 2.66. The molecule has 0 spiro atoms. The minimum Gasteiger partial charge on any atom is -0.358 e. The van der Waals surface area contributed by atoms with Gasteiger partial charge in [0.1, 0.15) is 0 Å². The number of aromatic nitrogens is 1. The van der Waals surface area contributed by atoms with Crippen molar-refractivity contribution in [1.82, 2.24) is 15.6 Å². The summed E-state index contributed by atoms with van der Waals surface area (Å²) in [5.41, 5.74) is 4.21. The summed E-state index contributed by atoms with van der Waals surface area (Å²) in [5, 5.41) is 7.71. The summed E-state index contributed by atoms with van der Waals surface area (Å²) in [5.74, 6) is 0.0238. The third-order valence-electron chi connectivity index (χ3n) is 4.65. The molecule has 0 radical (unpaired) electrons. The number of benzene rings is 1. The summed E-state index contributed by atoms with van der Waals surface area (Å²) in [7, 11) is 0. The number of nitrogens with one attached hydrogen (secondary N) is 3. The van der Waals surface area contributed by atoms with Gasteiger partial charge in [-0.1, -0.05) is 0 Å². The Kier molecular flexibility index (Phi) is 3.72. The number of aromatic amines is 1. The molecular formula is C17H23N3O. The highest BCUT2D eigenvalue weighted by molar-refractivity contribution is 5.99. The fraction of sp³-hybridized carbons (Fsp3) is 0.471. The fourth-order valence-electron chi connectivity index (χ4n) is 3.10. The van der Waals surface area contributed by atoms with Crippen LogP contribution in [-0.2, 0) is 0 Å². The number of carbonyl (C=O) groups excluding carboxylic acids is 1. The van der Waals surface area contributed by atoms with Gasteiger partial charge in [0.25, 0.3) is 5.91 Å². The van der Waals surface area contributed by atoms with Gasteiger partial charge in [-0.3, -0.25) is 4.79 Å². The van der Waals surface area contributed by atoms with Crippen LogP contribution < -0.4 is 10.6 Å². The number of amides is 1. The highest BCUT2D eigenvalue weighted by Gasteiger charge is 2.23. The Morgan fingerprint density at radius 2 is 2.14 bits per heavy atom. The average molecular weight is 285 g/mol. The summed E-state index contributed by atoms with van der Waals surface area (Å²) in [6.45, 7) is 7.32. The van der Waals surface area contributed by atoms with E-state index in [4.69, 9.17) is 0 Å². The van der Waals surface area contributed by atoms with Crippen molar-refractivity contribution in [3.05, 3.63) is 35.0 Å². The van der Waals surface area contributed by atoms with Gasteiger partial charge in [-0.25, -0.2) is 0 Å². The number of carbonyl (C=O) groups is 1. The number of hydrogen-bond acceptors (Lipinski definition) is 2. The summed E-state index contributed by atoms with van der Waals surface area (Å²) in [6, 6.07) is 6.43. The van der Waals surface area contributed by atoms with Crippen LogP contribution in [0.15, 0.2) is 18.2 Å². The van der Waals surface area contributed by atoms with Crippen molar-refractivity contribution in [2.75, 3.05) is 6.54 Å². The molecule has 2 aromatic rings. The van der Waals surface area contributed by atoms with Crippen molar-refractivity contribution in [2.24, 2.45) is 0 Å². The van der Waals surface area contributed by atoms with Crippen molar-refractivity contribution >= 4 is 16.8 Å². The van der Waals surface area contributed by atoms with E-state index in [1.54, 1.807) is 0 Å². The predicted molar refractivity (Wildman–Crippen MR) is 85.7 cm³/mol. The Hall–Kier alpha value is -1.81. The van der Waals surface area contributed by atoms with E-state index in [1.165, 1.54) is 5.56 Å². The molecule has 3 rings (SSSR count). The molecule has 0 aliphatic carbocycles. The van der Waals surface area contributed by atoms with Crippen LogP contribution in [-0.4, -0.2) is 29.5 Å². The van der Waals surface area contributed by atoms with E-state index < -0.39 is 0 Å². The van der Waals surface area contributed by atoms with E-state index in [-0.39, 0.29) is 11.9 Å². The van der Waals surface area contributed by atoms with Crippen LogP contribution in [0.4, 0.5) is 0 Å². The lowest BCUT2D eigenvalue weighted by molar-refractivity contribution is 0.0920. The molecule has 21 heavy (non-hydrogen) atoms. The zero-order valence-electron chi connectivity index (χ0n) is 12.9. The Balaban J connectivity index is 1.82. The molecule has 1 aliphatic heterocycles. The lowest BCUT2D eigenvalue weighted by Gasteiger charge is -2.30. The molecule has 2 unspecified atom stereocenters. The van der Waals surface area contributed by atoms with Gasteiger partial charge >= 0.3 is 0 Å². The second kappa shape index (κ2) is 5.53. The zero-order valence-corrected chi connectivity index (χ0v) is 12.9. The molecule has 1 aromatic heterocycles. The third-order valence-corrected chi connectivity index (χ3v) is 4.65. The van der Waals surface area contributed by atoms with E-state index in [0.717, 1.165) is 41.5 Å². The highest BCUT2D eigenvalue weighted by atomic mass is 16.1. The molecule has 1 aromatic carbocycles. The molecule has 0 bridgehead atoms. The molecule has 1 saturated heterocycles. The second-order valence-electron chi connectivity index (χ2n) is 6.10. The first-order valence-corrected chi connectivity index (χ1v) is 7.69. The lowest BCUT2D eigenvalue weighted by atomic mass is 9.99. The van der Waals surface area contributed by atoms with Gasteiger partial charge in [0.15, 0.2) is 0 Å². The molecule has 1 aliphatic rings. The van der Waals surface area contributed by atoms with Gasteiger partial charge in [-0.15, -0.1) is 0 Å². The molecule has 3 N–H and O–H groups in total. The minimum absolute atomic E-state index is 0.0238. The van der Waals surface area contributed by atoms with Crippen molar-refractivity contribution in [3.8, 4) is 0 Å². The van der Waals surface area contributed by atoms with Crippen LogP contribution in [0.25, 0.3) is 10.9 Å². The maximum atomic E-state index is 12.5. The number of fused-ring (bicyclic) bond motifs is 1. The van der Waals surface area contributed by atoms with Gasteiger partial charge in [0.2, 0.25) is 0 Å². The van der Waals surface area contributed by atoms with E-state index in [2.05, 4.69) is 36.4 Å². The van der Waals surface area contributed by atoms with Gasteiger partial charge in [-0.2, -0.15) is 0 Å². The number of rotatable bonds is 2. The van der Waals surface area contributed by atoms with Crippen molar-refractivity contribution < 1.29 is 4.79 Å². The summed E-state index contributed by atoms with van der Waals surface area (Å²) < 4.78 is 0. The van der Waals surface area contributed by atoms with Crippen molar-refractivity contribution in [3.63, 3.8) is 0 Å². The first-order chi connectivity index (χ1) is 10.1. The van der Waals surface area contributed by atoms with Gasteiger partial charge in [0.05, 0.1) is 0 Å². The van der Waals surface area contributed by atoms with Crippen LogP contribution in [0.1, 0.15) is 41.4 Å². The molecule has 2 atom stereocenters. The molecule has 112 valence electrons. The highest BCUT2D eigenvalue weighted by Crippen LogP contribution is 2.22. The van der Waals surface area contributed by atoms with Crippen LogP contribution in [0.5, 0.6) is 0 Å². The Bertz CT molecular complexity index is 674. The summed E-state index contributed by atoms with van der Waals surface area (Å²) >= 11 is 0. The van der Waals surface area contributed by atoms with Crippen LogP contribution in [0.3, 0.4) is 0 Å². The topological polar surface area (TPSA) is 56.9 Å². The van der Waals surface area contributed by atoms with Crippen molar-refractivity contribution in [2.45, 2.75) is 45.7 Å². The SMILES string of the molecule is Cc1[nH]c2ccc(C(=O)NC3CCCNC3C)cc2c1C. The normalized spacial score (nSPS) is 22.4. The Morgan fingerprint density at radius 3 is 2.90 bits per heavy atom. The number of H-pyrrole nitrogens is 1. The van der Waals surface area contributed by atoms with Crippen LogP contribution in [0.2, 0.25) is 0 Å². The summed E-state index contributed by atoms with van der Waals surface area (Å²) in [6.07, 6.45) is 2.16.